The zero-order valence-corrected chi connectivity index (χ0v) is 10.3. The lowest BCUT2D eigenvalue weighted by Gasteiger charge is -2.28. The van der Waals surface area contributed by atoms with Gasteiger partial charge in [0.05, 0.1) is 12.0 Å². The van der Waals surface area contributed by atoms with Crippen molar-refractivity contribution < 1.29 is 14.6 Å². The molecule has 1 aliphatic rings. The van der Waals surface area contributed by atoms with Crippen LogP contribution in [0.1, 0.15) is 17.2 Å². The van der Waals surface area contributed by atoms with Crippen molar-refractivity contribution in [3.63, 3.8) is 0 Å². The van der Waals surface area contributed by atoms with E-state index in [1.165, 1.54) is 0 Å². The summed E-state index contributed by atoms with van der Waals surface area (Å²) in [5, 5.41) is 10.4. The van der Waals surface area contributed by atoms with Crippen LogP contribution < -0.4 is 4.74 Å². The molecule has 0 aliphatic carbocycles. The molecule has 0 bridgehead atoms. The molecule has 2 aromatic carbocycles. The standard InChI is InChI=1S/C16H14O3/c17-15-12-8-4-5-9-14(12)19-16(18)13(15)10-11-6-2-1-3-7-11/h1-9,13,15,17H,10H2/t13-,15-/m1/s1. The number of hydrogen-bond donors (Lipinski definition) is 1. The highest BCUT2D eigenvalue weighted by Crippen LogP contribution is 2.37. The summed E-state index contributed by atoms with van der Waals surface area (Å²) in [4.78, 5) is 12.0. The van der Waals surface area contributed by atoms with Gasteiger partial charge in [-0.2, -0.15) is 0 Å². The molecule has 19 heavy (non-hydrogen) atoms. The van der Waals surface area contributed by atoms with Crippen molar-refractivity contribution in [2.75, 3.05) is 0 Å². The topological polar surface area (TPSA) is 46.5 Å². The predicted molar refractivity (Wildman–Crippen MR) is 70.7 cm³/mol. The highest BCUT2D eigenvalue weighted by molar-refractivity contribution is 5.79. The van der Waals surface area contributed by atoms with Crippen LogP contribution in [0.15, 0.2) is 54.6 Å². The van der Waals surface area contributed by atoms with E-state index in [9.17, 15) is 9.90 Å². The van der Waals surface area contributed by atoms with Gasteiger partial charge in [0, 0.05) is 5.56 Å². The second-order valence-electron chi connectivity index (χ2n) is 4.70. The fraction of sp³-hybridized carbons (Fsp3) is 0.188. The first kappa shape index (κ1) is 11.9. The van der Waals surface area contributed by atoms with Gasteiger partial charge in [-0.3, -0.25) is 4.79 Å². The molecule has 2 atom stereocenters. The molecule has 2 aromatic rings. The fourth-order valence-electron chi connectivity index (χ4n) is 2.41. The lowest BCUT2D eigenvalue weighted by Crippen LogP contribution is -2.33. The Morgan fingerprint density at radius 1 is 1.00 bits per heavy atom. The summed E-state index contributed by atoms with van der Waals surface area (Å²) < 4.78 is 5.29. The van der Waals surface area contributed by atoms with E-state index in [2.05, 4.69) is 0 Å². The van der Waals surface area contributed by atoms with Gasteiger partial charge in [-0.15, -0.1) is 0 Å². The quantitative estimate of drug-likeness (QED) is 0.661. The maximum atomic E-state index is 12.0. The SMILES string of the molecule is O=C1Oc2ccccc2[C@@H](O)[C@H]1Cc1ccccc1. The highest BCUT2D eigenvalue weighted by atomic mass is 16.5. The predicted octanol–water partition coefficient (Wildman–Crippen LogP) is 2.50. The summed E-state index contributed by atoms with van der Waals surface area (Å²) in [5.41, 5.74) is 1.70. The van der Waals surface area contributed by atoms with Crippen molar-refractivity contribution in [2.24, 2.45) is 5.92 Å². The van der Waals surface area contributed by atoms with Gasteiger partial charge < -0.3 is 9.84 Å². The summed E-state index contributed by atoms with van der Waals surface area (Å²) in [5.74, 6) is -0.448. The molecule has 3 nitrogen and oxygen atoms in total. The van der Waals surface area contributed by atoms with Crippen LogP contribution in [0.4, 0.5) is 0 Å². The van der Waals surface area contributed by atoms with E-state index in [1.54, 1.807) is 18.2 Å². The molecular formula is C16H14O3. The molecule has 0 unspecified atom stereocenters. The van der Waals surface area contributed by atoms with Crippen LogP contribution in [0.3, 0.4) is 0 Å². The Labute approximate surface area is 111 Å². The second-order valence-corrected chi connectivity index (χ2v) is 4.70. The number of para-hydroxylation sites is 1. The van der Waals surface area contributed by atoms with Gasteiger partial charge in [0.25, 0.3) is 0 Å². The third kappa shape index (κ3) is 2.25. The van der Waals surface area contributed by atoms with E-state index in [-0.39, 0.29) is 5.97 Å². The highest BCUT2D eigenvalue weighted by Gasteiger charge is 2.36. The molecule has 0 radical (unpaired) electrons. The average molecular weight is 254 g/mol. The zero-order valence-electron chi connectivity index (χ0n) is 10.3. The summed E-state index contributed by atoms with van der Waals surface area (Å²) in [6, 6.07) is 16.8. The molecule has 1 N–H and O–H groups in total. The molecule has 0 saturated heterocycles. The number of aliphatic hydroxyl groups excluding tert-OH is 1. The molecule has 1 heterocycles. The Hall–Kier alpha value is -2.13. The van der Waals surface area contributed by atoms with Crippen LogP contribution in [0.2, 0.25) is 0 Å². The fourth-order valence-corrected chi connectivity index (χ4v) is 2.41. The van der Waals surface area contributed by atoms with Crippen LogP contribution in [0.5, 0.6) is 5.75 Å². The lowest BCUT2D eigenvalue weighted by atomic mass is 9.87. The average Bonchev–Trinajstić information content (AvgIpc) is 2.45. The van der Waals surface area contributed by atoms with Crippen LogP contribution in [-0.2, 0) is 11.2 Å². The minimum atomic E-state index is -0.808. The van der Waals surface area contributed by atoms with Gasteiger partial charge in [0.2, 0.25) is 0 Å². The van der Waals surface area contributed by atoms with Gasteiger partial charge in [0.15, 0.2) is 0 Å². The van der Waals surface area contributed by atoms with Gasteiger partial charge >= 0.3 is 5.97 Å². The Bertz CT molecular complexity index is 592. The normalized spacial score (nSPS) is 21.6. The number of carbonyl (C=O) groups is 1. The van der Waals surface area contributed by atoms with Gasteiger partial charge in [-0.05, 0) is 18.1 Å². The number of rotatable bonds is 2. The molecule has 0 saturated carbocycles. The molecular weight excluding hydrogens is 240 g/mol. The molecule has 3 heteroatoms. The summed E-state index contributed by atoms with van der Waals surface area (Å²) >= 11 is 0. The first-order chi connectivity index (χ1) is 9.25. The van der Waals surface area contributed by atoms with Crippen LogP contribution >= 0.6 is 0 Å². The Morgan fingerprint density at radius 3 is 2.47 bits per heavy atom. The summed E-state index contributed by atoms with van der Waals surface area (Å²) in [6.45, 7) is 0. The molecule has 0 fully saturated rings. The number of esters is 1. The van der Waals surface area contributed by atoms with E-state index >= 15 is 0 Å². The van der Waals surface area contributed by atoms with Crippen LogP contribution in [0, 0.1) is 5.92 Å². The van der Waals surface area contributed by atoms with E-state index in [4.69, 9.17) is 4.74 Å². The van der Waals surface area contributed by atoms with Gasteiger partial charge in [-0.25, -0.2) is 0 Å². The zero-order chi connectivity index (χ0) is 13.2. The van der Waals surface area contributed by atoms with E-state index in [1.807, 2.05) is 36.4 Å². The number of carbonyl (C=O) groups excluding carboxylic acids is 1. The molecule has 96 valence electrons. The lowest BCUT2D eigenvalue weighted by molar-refractivity contribution is -0.145. The minimum Gasteiger partial charge on any atom is -0.426 e. The maximum Gasteiger partial charge on any atom is 0.317 e. The molecule has 0 aromatic heterocycles. The molecule has 3 rings (SSSR count). The van der Waals surface area contributed by atoms with E-state index < -0.39 is 12.0 Å². The number of ether oxygens (including phenoxy) is 1. The van der Waals surface area contributed by atoms with Crippen molar-refractivity contribution in [1.82, 2.24) is 0 Å². The van der Waals surface area contributed by atoms with Crippen molar-refractivity contribution in [3.8, 4) is 5.75 Å². The third-order valence-corrected chi connectivity index (χ3v) is 3.43. The Kier molecular flexibility index (Phi) is 3.05. The van der Waals surface area contributed by atoms with Crippen LogP contribution in [0.25, 0.3) is 0 Å². The Balaban J connectivity index is 1.89. The molecule has 1 aliphatic heterocycles. The summed E-state index contributed by atoms with van der Waals surface area (Å²) in [7, 11) is 0. The number of aliphatic hydroxyl groups is 1. The van der Waals surface area contributed by atoms with E-state index in [0.29, 0.717) is 17.7 Å². The Morgan fingerprint density at radius 2 is 1.68 bits per heavy atom. The first-order valence-corrected chi connectivity index (χ1v) is 6.28. The summed E-state index contributed by atoms with van der Waals surface area (Å²) in [6.07, 6.45) is -0.326. The maximum absolute atomic E-state index is 12.0. The smallest absolute Gasteiger partial charge is 0.317 e. The monoisotopic (exact) mass is 254 g/mol. The van der Waals surface area contributed by atoms with Gasteiger partial charge in [-0.1, -0.05) is 48.5 Å². The molecule has 0 spiro atoms. The number of fused-ring (bicyclic) bond motifs is 1. The largest absolute Gasteiger partial charge is 0.426 e. The first-order valence-electron chi connectivity index (χ1n) is 6.28. The number of benzene rings is 2. The van der Waals surface area contributed by atoms with Gasteiger partial charge in [0.1, 0.15) is 5.75 Å². The molecule has 0 amide bonds. The number of hydrogen-bond acceptors (Lipinski definition) is 3. The second kappa shape index (κ2) is 4.86. The van der Waals surface area contributed by atoms with Crippen molar-refractivity contribution in [3.05, 3.63) is 65.7 Å². The van der Waals surface area contributed by atoms with Crippen molar-refractivity contribution in [1.29, 1.82) is 0 Å². The van der Waals surface area contributed by atoms with E-state index in [0.717, 1.165) is 5.56 Å². The van der Waals surface area contributed by atoms with Crippen molar-refractivity contribution >= 4 is 5.97 Å². The third-order valence-electron chi connectivity index (χ3n) is 3.43. The van der Waals surface area contributed by atoms with Crippen molar-refractivity contribution in [2.45, 2.75) is 12.5 Å². The van der Waals surface area contributed by atoms with Crippen LogP contribution in [-0.4, -0.2) is 11.1 Å². The minimum absolute atomic E-state index is 0.366.